The van der Waals surface area contributed by atoms with Gasteiger partial charge in [-0.1, -0.05) is 24.3 Å². The number of ether oxygens (including phenoxy) is 1. The molecule has 3 aromatic carbocycles. The molecule has 1 saturated heterocycles. The van der Waals surface area contributed by atoms with Crippen molar-refractivity contribution in [3.05, 3.63) is 72.8 Å². The van der Waals surface area contributed by atoms with E-state index in [1.165, 1.54) is 21.6 Å². The Hall–Kier alpha value is -3.05. The molecular weight excluding hydrogens is 378 g/mol. The fourth-order valence-corrected chi connectivity index (χ4v) is 4.88. The lowest BCUT2D eigenvalue weighted by atomic mass is 10.1. The Kier molecular flexibility index (Phi) is 4.82. The molecule has 29 heavy (non-hydrogen) atoms. The zero-order valence-electron chi connectivity index (χ0n) is 16.4. The van der Waals surface area contributed by atoms with E-state index in [-0.39, 0.29) is 0 Å². The van der Waals surface area contributed by atoms with Gasteiger partial charge in [-0.25, -0.2) is 4.98 Å². The summed E-state index contributed by atoms with van der Waals surface area (Å²) in [6, 6.07) is 25.4. The van der Waals surface area contributed by atoms with Gasteiger partial charge in [0.25, 0.3) is 0 Å². The van der Waals surface area contributed by atoms with Crippen LogP contribution in [0.1, 0.15) is 0 Å². The van der Waals surface area contributed by atoms with Crippen molar-refractivity contribution in [3.63, 3.8) is 0 Å². The van der Waals surface area contributed by atoms with E-state index in [4.69, 9.17) is 9.72 Å². The number of piperazine rings is 1. The Balaban J connectivity index is 1.29. The van der Waals surface area contributed by atoms with Crippen molar-refractivity contribution in [2.45, 2.75) is 0 Å². The third-order valence-corrected chi connectivity index (χ3v) is 6.56. The minimum atomic E-state index is 0.945. The number of nitrogens with zero attached hydrogens (tertiary/aromatic N) is 3. The van der Waals surface area contributed by atoms with Gasteiger partial charge < -0.3 is 14.5 Å². The molecule has 0 bridgehead atoms. The zero-order chi connectivity index (χ0) is 19.6. The Morgan fingerprint density at radius 2 is 1.48 bits per heavy atom. The molecule has 5 heteroatoms. The van der Waals surface area contributed by atoms with E-state index in [1.54, 1.807) is 18.4 Å². The summed E-state index contributed by atoms with van der Waals surface area (Å²) in [7, 11) is 1.74. The fraction of sp³-hybridized carbons (Fsp3) is 0.208. The lowest BCUT2D eigenvalue weighted by molar-refractivity contribution is 0.413. The molecule has 1 aliphatic rings. The van der Waals surface area contributed by atoms with E-state index in [1.807, 2.05) is 18.2 Å². The average Bonchev–Trinajstić information content (AvgIpc) is 3.24. The highest BCUT2D eigenvalue weighted by Gasteiger charge is 2.20. The molecule has 1 fully saturated rings. The van der Waals surface area contributed by atoms with Crippen LogP contribution in [0.15, 0.2) is 72.8 Å². The highest BCUT2D eigenvalue weighted by Crippen LogP contribution is 2.32. The summed E-state index contributed by atoms with van der Waals surface area (Å²) in [5, 5.41) is 1.08. The van der Waals surface area contributed by atoms with E-state index >= 15 is 0 Å². The molecule has 1 aromatic heterocycles. The van der Waals surface area contributed by atoms with Crippen molar-refractivity contribution in [2.24, 2.45) is 0 Å². The maximum atomic E-state index is 5.53. The van der Waals surface area contributed by atoms with Crippen LogP contribution < -0.4 is 14.5 Å². The largest absolute Gasteiger partial charge is 0.495 e. The molecule has 0 aliphatic carbocycles. The topological polar surface area (TPSA) is 28.6 Å². The number of aromatic nitrogens is 1. The first-order chi connectivity index (χ1) is 14.3. The first-order valence-corrected chi connectivity index (χ1v) is 10.7. The minimum Gasteiger partial charge on any atom is -0.495 e. The standard InChI is InChI=1S/C24H23N3OS/c1-28-22-8-4-3-7-21(22)27-16-14-26(15-17-27)19-12-10-18(11-13-19)24-25-20-6-2-5-9-23(20)29-24/h2-13H,14-17H2,1H3. The van der Waals surface area contributed by atoms with E-state index in [0.717, 1.165) is 42.5 Å². The van der Waals surface area contributed by atoms with E-state index < -0.39 is 0 Å². The quantitative estimate of drug-likeness (QED) is 0.464. The first kappa shape index (κ1) is 18.0. The number of hydrogen-bond acceptors (Lipinski definition) is 5. The molecule has 0 amide bonds. The van der Waals surface area contributed by atoms with Gasteiger partial charge in [-0.15, -0.1) is 11.3 Å². The smallest absolute Gasteiger partial charge is 0.142 e. The van der Waals surface area contributed by atoms with E-state index in [2.05, 4.69) is 64.4 Å². The summed E-state index contributed by atoms with van der Waals surface area (Å²) in [6.07, 6.45) is 0. The maximum Gasteiger partial charge on any atom is 0.142 e. The van der Waals surface area contributed by atoms with Crippen LogP contribution in [0.5, 0.6) is 5.75 Å². The summed E-state index contributed by atoms with van der Waals surface area (Å²) in [5.74, 6) is 0.945. The summed E-state index contributed by atoms with van der Waals surface area (Å²) in [4.78, 5) is 9.63. The van der Waals surface area contributed by atoms with Crippen LogP contribution in [-0.2, 0) is 0 Å². The Bertz CT molecular complexity index is 1080. The summed E-state index contributed by atoms with van der Waals surface area (Å²) >= 11 is 1.75. The lowest BCUT2D eigenvalue weighted by Crippen LogP contribution is -2.46. The van der Waals surface area contributed by atoms with Crippen LogP contribution in [0.2, 0.25) is 0 Å². The predicted molar refractivity (Wildman–Crippen MR) is 122 cm³/mol. The van der Waals surface area contributed by atoms with E-state index in [0.29, 0.717) is 0 Å². The number of thiazole rings is 1. The van der Waals surface area contributed by atoms with Crippen molar-refractivity contribution in [1.29, 1.82) is 0 Å². The van der Waals surface area contributed by atoms with Crippen molar-refractivity contribution in [3.8, 4) is 16.3 Å². The molecular formula is C24H23N3OS. The SMILES string of the molecule is COc1ccccc1N1CCN(c2ccc(-c3nc4ccccc4s3)cc2)CC1. The molecule has 0 unspecified atom stereocenters. The van der Waals surface area contributed by atoms with Crippen molar-refractivity contribution >= 4 is 32.9 Å². The molecule has 0 radical (unpaired) electrons. The van der Waals surface area contributed by atoms with Gasteiger partial charge in [0.1, 0.15) is 10.8 Å². The monoisotopic (exact) mass is 401 g/mol. The van der Waals surface area contributed by atoms with Gasteiger partial charge >= 0.3 is 0 Å². The molecule has 1 aliphatic heterocycles. The molecule has 0 spiro atoms. The number of benzene rings is 3. The first-order valence-electron chi connectivity index (χ1n) is 9.91. The van der Waals surface area contributed by atoms with E-state index in [9.17, 15) is 0 Å². The van der Waals surface area contributed by atoms with Gasteiger partial charge in [0.2, 0.25) is 0 Å². The number of para-hydroxylation sites is 3. The van der Waals surface area contributed by atoms with Crippen LogP contribution in [-0.4, -0.2) is 38.3 Å². The number of rotatable bonds is 4. The molecule has 0 N–H and O–H groups in total. The van der Waals surface area contributed by atoms with Crippen LogP contribution >= 0.6 is 11.3 Å². The van der Waals surface area contributed by atoms with Crippen LogP contribution in [0.3, 0.4) is 0 Å². The lowest BCUT2D eigenvalue weighted by Gasteiger charge is -2.37. The number of fused-ring (bicyclic) bond motifs is 1. The predicted octanol–water partition coefficient (Wildman–Crippen LogP) is 5.30. The van der Waals surface area contributed by atoms with Crippen molar-refractivity contribution < 1.29 is 4.74 Å². The maximum absolute atomic E-state index is 5.53. The fourth-order valence-electron chi connectivity index (χ4n) is 3.91. The van der Waals surface area contributed by atoms with Gasteiger partial charge in [0, 0.05) is 37.4 Å². The highest BCUT2D eigenvalue weighted by molar-refractivity contribution is 7.21. The second kappa shape index (κ2) is 7.76. The average molecular weight is 402 g/mol. The van der Waals surface area contributed by atoms with Crippen molar-refractivity contribution in [2.75, 3.05) is 43.1 Å². The third kappa shape index (κ3) is 3.54. The molecule has 2 heterocycles. The summed E-state index contributed by atoms with van der Waals surface area (Å²) in [6.45, 7) is 3.97. The Morgan fingerprint density at radius 1 is 0.793 bits per heavy atom. The van der Waals surface area contributed by atoms with Gasteiger partial charge in [-0.2, -0.15) is 0 Å². The van der Waals surface area contributed by atoms with Gasteiger partial charge in [-0.3, -0.25) is 0 Å². The van der Waals surface area contributed by atoms with Gasteiger partial charge in [-0.05, 0) is 48.5 Å². The molecule has 5 rings (SSSR count). The second-order valence-electron chi connectivity index (χ2n) is 7.18. The Labute approximate surface area is 175 Å². The molecule has 4 aromatic rings. The van der Waals surface area contributed by atoms with Gasteiger partial charge in [0.05, 0.1) is 23.0 Å². The van der Waals surface area contributed by atoms with Crippen LogP contribution in [0, 0.1) is 0 Å². The van der Waals surface area contributed by atoms with Crippen molar-refractivity contribution in [1.82, 2.24) is 4.98 Å². The molecule has 146 valence electrons. The Morgan fingerprint density at radius 3 is 2.24 bits per heavy atom. The molecule has 0 atom stereocenters. The number of hydrogen-bond donors (Lipinski definition) is 0. The summed E-state index contributed by atoms with van der Waals surface area (Å²) in [5.41, 5.74) is 4.71. The van der Waals surface area contributed by atoms with Gasteiger partial charge in [0.15, 0.2) is 0 Å². The summed E-state index contributed by atoms with van der Waals surface area (Å²) < 4.78 is 6.76. The molecule has 4 nitrogen and oxygen atoms in total. The zero-order valence-corrected chi connectivity index (χ0v) is 17.2. The highest BCUT2D eigenvalue weighted by atomic mass is 32.1. The molecule has 0 saturated carbocycles. The third-order valence-electron chi connectivity index (χ3n) is 5.48. The second-order valence-corrected chi connectivity index (χ2v) is 8.21. The number of anilines is 2. The van der Waals surface area contributed by atoms with Crippen LogP contribution in [0.25, 0.3) is 20.8 Å². The normalized spacial score (nSPS) is 14.4. The number of methoxy groups -OCH3 is 1. The van der Waals surface area contributed by atoms with Crippen LogP contribution in [0.4, 0.5) is 11.4 Å². The minimum absolute atomic E-state index is 0.945.